The lowest BCUT2D eigenvalue weighted by Gasteiger charge is -2.43. The van der Waals surface area contributed by atoms with E-state index in [4.69, 9.17) is 23.7 Å². The van der Waals surface area contributed by atoms with Gasteiger partial charge in [-0.25, -0.2) is 0 Å². The molecule has 8 heteroatoms. The maximum atomic E-state index is 11.4. The molecule has 1 heterocycles. The van der Waals surface area contributed by atoms with E-state index in [0.29, 0.717) is 6.61 Å². The van der Waals surface area contributed by atoms with Crippen LogP contribution in [0.3, 0.4) is 0 Å². The SMILES string of the molecule is CCO[C@@H]1OC(C)[C@H](OC(C)=O)[C@H](OC(C)=O)C1OC(C)=O. The molecule has 0 radical (unpaired) electrons. The highest BCUT2D eigenvalue weighted by molar-refractivity contribution is 5.68. The Kier molecular flexibility index (Phi) is 6.76. The first-order chi connectivity index (χ1) is 10.3. The van der Waals surface area contributed by atoms with Crippen LogP contribution in [-0.4, -0.2) is 55.2 Å². The summed E-state index contributed by atoms with van der Waals surface area (Å²) in [4.78, 5) is 34.0. The zero-order chi connectivity index (χ0) is 16.9. The van der Waals surface area contributed by atoms with Gasteiger partial charge in [0.05, 0.1) is 6.10 Å². The minimum Gasteiger partial charge on any atom is -0.456 e. The lowest BCUT2D eigenvalue weighted by atomic mass is 9.99. The van der Waals surface area contributed by atoms with Crippen molar-refractivity contribution in [1.29, 1.82) is 0 Å². The summed E-state index contributed by atoms with van der Waals surface area (Å²) in [6.45, 7) is 7.36. The molecular formula is C14H22O8. The van der Waals surface area contributed by atoms with Gasteiger partial charge in [-0.2, -0.15) is 0 Å². The third-order valence-electron chi connectivity index (χ3n) is 2.96. The third kappa shape index (κ3) is 4.96. The van der Waals surface area contributed by atoms with Crippen LogP contribution in [0.15, 0.2) is 0 Å². The molecule has 1 aliphatic rings. The standard InChI is InChI=1S/C14H22O8/c1-6-18-14-13(22-10(5)17)12(21-9(4)16)11(7(2)19-14)20-8(3)15/h7,11-14H,6H2,1-5H3/t7?,11-,12-,13?,14+/m0/s1. The Morgan fingerprint density at radius 1 is 0.864 bits per heavy atom. The van der Waals surface area contributed by atoms with Crippen LogP contribution in [0.4, 0.5) is 0 Å². The zero-order valence-electron chi connectivity index (χ0n) is 13.4. The molecule has 126 valence electrons. The van der Waals surface area contributed by atoms with Gasteiger partial charge in [-0.3, -0.25) is 14.4 Å². The van der Waals surface area contributed by atoms with Crippen LogP contribution in [0.2, 0.25) is 0 Å². The van der Waals surface area contributed by atoms with Gasteiger partial charge in [0.1, 0.15) is 0 Å². The number of hydrogen-bond donors (Lipinski definition) is 0. The molecule has 5 atom stereocenters. The first-order valence-corrected chi connectivity index (χ1v) is 7.05. The van der Waals surface area contributed by atoms with Crippen LogP contribution < -0.4 is 0 Å². The molecular weight excluding hydrogens is 296 g/mol. The van der Waals surface area contributed by atoms with E-state index in [1.165, 1.54) is 20.8 Å². The molecule has 0 spiro atoms. The predicted octanol–water partition coefficient (Wildman–Crippen LogP) is 0.563. The second-order valence-corrected chi connectivity index (χ2v) is 4.89. The summed E-state index contributed by atoms with van der Waals surface area (Å²) in [5.41, 5.74) is 0. The van der Waals surface area contributed by atoms with Crippen molar-refractivity contribution in [3.63, 3.8) is 0 Å². The van der Waals surface area contributed by atoms with E-state index in [-0.39, 0.29) is 0 Å². The number of esters is 3. The summed E-state index contributed by atoms with van der Waals surface area (Å²) in [5.74, 6) is -1.75. The Morgan fingerprint density at radius 3 is 1.77 bits per heavy atom. The number of hydrogen-bond acceptors (Lipinski definition) is 8. The monoisotopic (exact) mass is 318 g/mol. The molecule has 2 unspecified atom stereocenters. The molecule has 22 heavy (non-hydrogen) atoms. The largest absolute Gasteiger partial charge is 0.456 e. The van der Waals surface area contributed by atoms with Crippen molar-refractivity contribution in [1.82, 2.24) is 0 Å². The van der Waals surface area contributed by atoms with Crippen molar-refractivity contribution in [2.75, 3.05) is 6.61 Å². The average Bonchev–Trinajstić information content (AvgIpc) is 2.37. The van der Waals surface area contributed by atoms with E-state index in [1.807, 2.05) is 0 Å². The van der Waals surface area contributed by atoms with Gasteiger partial charge < -0.3 is 23.7 Å². The van der Waals surface area contributed by atoms with Crippen molar-refractivity contribution in [2.45, 2.75) is 65.3 Å². The van der Waals surface area contributed by atoms with Crippen molar-refractivity contribution in [3.8, 4) is 0 Å². The maximum Gasteiger partial charge on any atom is 0.303 e. The Labute approximate surface area is 129 Å². The number of carbonyl (C=O) groups is 3. The summed E-state index contributed by atoms with van der Waals surface area (Å²) >= 11 is 0. The molecule has 0 saturated carbocycles. The fraction of sp³-hybridized carbons (Fsp3) is 0.786. The molecule has 0 aromatic rings. The molecule has 0 aliphatic carbocycles. The number of ether oxygens (including phenoxy) is 5. The van der Waals surface area contributed by atoms with Gasteiger partial charge in [-0.1, -0.05) is 0 Å². The Morgan fingerprint density at radius 2 is 1.32 bits per heavy atom. The minimum atomic E-state index is -1.03. The smallest absolute Gasteiger partial charge is 0.303 e. The van der Waals surface area contributed by atoms with Crippen LogP contribution in [0.25, 0.3) is 0 Å². The van der Waals surface area contributed by atoms with Crippen molar-refractivity contribution in [2.24, 2.45) is 0 Å². The molecule has 0 bridgehead atoms. The van der Waals surface area contributed by atoms with Crippen LogP contribution in [-0.2, 0) is 38.1 Å². The van der Waals surface area contributed by atoms with E-state index in [9.17, 15) is 14.4 Å². The highest BCUT2D eigenvalue weighted by Gasteiger charge is 2.50. The molecule has 1 saturated heterocycles. The van der Waals surface area contributed by atoms with E-state index < -0.39 is 48.6 Å². The normalized spacial score (nSPS) is 31.2. The first kappa shape index (κ1) is 18.4. The summed E-state index contributed by atoms with van der Waals surface area (Å²) in [5, 5.41) is 0. The molecule has 0 N–H and O–H groups in total. The highest BCUT2D eigenvalue weighted by Crippen LogP contribution is 2.29. The van der Waals surface area contributed by atoms with Crippen LogP contribution in [0.1, 0.15) is 34.6 Å². The lowest BCUT2D eigenvalue weighted by molar-refractivity contribution is -0.299. The molecule has 0 aromatic heterocycles. The highest BCUT2D eigenvalue weighted by atomic mass is 16.7. The first-order valence-electron chi connectivity index (χ1n) is 7.05. The van der Waals surface area contributed by atoms with Crippen molar-refractivity contribution < 1.29 is 38.1 Å². The zero-order valence-corrected chi connectivity index (χ0v) is 13.4. The molecule has 0 aromatic carbocycles. The van der Waals surface area contributed by atoms with E-state index in [0.717, 1.165) is 0 Å². The van der Waals surface area contributed by atoms with Gasteiger partial charge in [0.15, 0.2) is 24.6 Å². The molecule has 1 rings (SSSR count). The summed E-state index contributed by atoms with van der Waals surface area (Å²) in [7, 11) is 0. The van der Waals surface area contributed by atoms with Gasteiger partial charge in [-0.05, 0) is 13.8 Å². The topological polar surface area (TPSA) is 97.4 Å². The van der Waals surface area contributed by atoms with Crippen LogP contribution >= 0.6 is 0 Å². The molecule has 1 fully saturated rings. The van der Waals surface area contributed by atoms with Gasteiger partial charge in [0.25, 0.3) is 0 Å². The summed E-state index contributed by atoms with van der Waals surface area (Å²) < 4.78 is 26.5. The molecule has 0 amide bonds. The van der Waals surface area contributed by atoms with Gasteiger partial charge in [0, 0.05) is 27.4 Å². The maximum absolute atomic E-state index is 11.4. The summed E-state index contributed by atoms with van der Waals surface area (Å²) in [6.07, 6.45) is -4.45. The van der Waals surface area contributed by atoms with Crippen LogP contribution in [0, 0.1) is 0 Å². The third-order valence-corrected chi connectivity index (χ3v) is 2.96. The number of rotatable bonds is 5. The fourth-order valence-electron chi connectivity index (χ4n) is 2.27. The average molecular weight is 318 g/mol. The van der Waals surface area contributed by atoms with Crippen molar-refractivity contribution >= 4 is 17.9 Å². The summed E-state index contributed by atoms with van der Waals surface area (Å²) in [6, 6.07) is 0. The Balaban J connectivity index is 3.09. The predicted molar refractivity (Wildman–Crippen MR) is 72.6 cm³/mol. The van der Waals surface area contributed by atoms with Gasteiger partial charge >= 0.3 is 17.9 Å². The second-order valence-electron chi connectivity index (χ2n) is 4.89. The van der Waals surface area contributed by atoms with Gasteiger partial charge in [-0.15, -0.1) is 0 Å². The molecule has 1 aliphatic heterocycles. The lowest BCUT2D eigenvalue weighted by Crippen LogP contribution is -2.61. The Hall–Kier alpha value is -1.67. The Bertz CT molecular complexity index is 421. The minimum absolute atomic E-state index is 0.306. The second kappa shape index (κ2) is 8.09. The van der Waals surface area contributed by atoms with Crippen LogP contribution in [0.5, 0.6) is 0 Å². The van der Waals surface area contributed by atoms with E-state index >= 15 is 0 Å². The number of carbonyl (C=O) groups excluding carboxylic acids is 3. The van der Waals surface area contributed by atoms with Gasteiger partial charge in [0.2, 0.25) is 0 Å². The quantitative estimate of drug-likeness (QED) is 0.536. The van der Waals surface area contributed by atoms with E-state index in [1.54, 1.807) is 13.8 Å². The van der Waals surface area contributed by atoms with E-state index in [2.05, 4.69) is 0 Å². The molecule has 8 nitrogen and oxygen atoms in total. The fourth-order valence-corrected chi connectivity index (χ4v) is 2.27. The van der Waals surface area contributed by atoms with Crippen molar-refractivity contribution in [3.05, 3.63) is 0 Å².